The molecule has 0 amide bonds. The van der Waals surface area contributed by atoms with Crippen molar-refractivity contribution in [3.8, 4) is 0 Å². The van der Waals surface area contributed by atoms with E-state index in [2.05, 4.69) is 49.8 Å². The summed E-state index contributed by atoms with van der Waals surface area (Å²) in [5.41, 5.74) is 8.80. The van der Waals surface area contributed by atoms with E-state index in [-0.39, 0.29) is 6.29 Å². The molecule has 0 saturated heterocycles. The summed E-state index contributed by atoms with van der Waals surface area (Å²) in [4.78, 5) is 0. The summed E-state index contributed by atoms with van der Waals surface area (Å²) in [6.45, 7) is 7.93. The molecular weight excluding hydrogens is 300 g/mol. The number of hydrogen-bond acceptors (Lipinski definition) is 4. The molecule has 0 heterocycles. The summed E-state index contributed by atoms with van der Waals surface area (Å²) >= 11 is 7.74. The van der Waals surface area contributed by atoms with E-state index in [0.29, 0.717) is 0 Å². The Labute approximate surface area is 132 Å². The first-order valence-corrected chi connectivity index (χ1v) is 7.29. The molecule has 0 aliphatic rings. The molecule has 0 aliphatic heterocycles. The summed E-state index contributed by atoms with van der Waals surface area (Å²) < 4.78 is 10.8. The van der Waals surface area contributed by atoms with Crippen LogP contribution in [0.15, 0.2) is 0 Å². The Morgan fingerprint density at radius 3 is 1.40 bits per heavy atom. The zero-order valence-electron chi connectivity index (χ0n) is 12.5. The van der Waals surface area contributed by atoms with Gasteiger partial charge in [-0.15, -0.1) is 0 Å². The van der Waals surface area contributed by atoms with Crippen LogP contribution in [-0.2, 0) is 9.47 Å². The van der Waals surface area contributed by atoms with Crippen molar-refractivity contribution >= 4 is 34.8 Å². The Balaban J connectivity index is -0.000000297. The monoisotopic (exact) mass is 328 g/mol. The zero-order chi connectivity index (χ0) is 16.4. The quantitative estimate of drug-likeness (QED) is 0.305. The van der Waals surface area contributed by atoms with E-state index in [1.54, 1.807) is 0 Å². The van der Waals surface area contributed by atoms with Gasteiger partial charge in [-0.1, -0.05) is 26.7 Å². The van der Waals surface area contributed by atoms with Gasteiger partial charge in [0.15, 0.2) is 6.29 Å². The first-order chi connectivity index (χ1) is 9.27. The van der Waals surface area contributed by atoms with Gasteiger partial charge in [-0.2, -0.15) is 0 Å². The van der Waals surface area contributed by atoms with Crippen LogP contribution in [0.5, 0.6) is 0 Å². The molecule has 0 bridgehead atoms. The molecule has 0 fully saturated rings. The number of rotatable bonds is 8. The number of hydrogen-bond donors (Lipinski definition) is 4. The number of ether oxygens (including phenoxy) is 2. The molecular formula is C12H28N2O4S2. The van der Waals surface area contributed by atoms with E-state index in [4.69, 9.17) is 19.7 Å². The molecule has 6 nitrogen and oxygen atoms in total. The minimum atomic E-state index is -0.500. The summed E-state index contributed by atoms with van der Waals surface area (Å²) in [6.07, 6.45) is 4.59. The number of unbranched alkanes of at least 4 members (excludes halogenated alkanes) is 2. The van der Waals surface area contributed by atoms with Gasteiger partial charge in [0, 0.05) is 13.2 Å². The molecule has 0 spiro atoms. The molecule has 6 N–H and O–H groups in total. The highest BCUT2D eigenvalue weighted by Gasteiger charge is 1.99. The SMILES string of the molecule is CCCCOC(C)OCCCC.NC(O)=S.NC(O)=S. The predicted molar refractivity (Wildman–Crippen MR) is 90.0 cm³/mol. The van der Waals surface area contributed by atoms with Gasteiger partial charge in [-0.05, 0) is 44.2 Å². The van der Waals surface area contributed by atoms with Gasteiger partial charge in [-0.3, -0.25) is 0 Å². The van der Waals surface area contributed by atoms with Gasteiger partial charge in [0.05, 0.1) is 0 Å². The fourth-order valence-electron chi connectivity index (χ4n) is 0.835. The second-order valence-electron chi connectivity index (χ2n) is 3.69. The third kappa shape index (κ3) is 53.1. The molecule has 0 aromatic carbocycles. The van der Waals surface area contributed by atoms with Gasteiger partial charge < -0.3 is 31.2 Å². The van der Waals surface area contributed by atoms with Crippen molar-refractivity contribution in [1.29, 1.82) is 0 Å². The van der Waals surface area contributed by atoms with E-state index in [0.717, 1.165) is 26.1 Å². The minimum Gasteiger partial charge on any atom is -0.487 e. The fraction of sp³-hybridized carbons (Fsp3) is 0.833. The maximum Gasteiger partial charge on any atom is 0.251 e. The van der Waals surface area contributed by atoms with Crippen molar-refractivity contribution in [2.45, 2.75) is 52.7 Å². The molecule has 0 aromatic rings. The Hall–Kier alpha value is -0.700. The van der Waals surface area contributed by atoms with Crippen LogP contribution in [0.25, 0.3) is 0 Å². The highest BCUT2D eigenvalue weighted by atomic mass is 32.1. The number of aliphatic hydroxyl groups is 2. The third-order valence-electron chi connectivity index (χ3n) is 1.70. The zero-order valence-corrected chi connectivity index (χ0v) is 14.1. The summed E-state index contributed by atoms with van der Waals surface area (Å²) in [6, 6.07) is 0. The topological polar surface area (TPSA) is 111 Å². The lowest BCUT2D eigenvalue weighted by Gasteiger charge is -2.13. The molecule has 0 aliphatic carbocycles. The molecule has 0 atom stereocenters. The van der Waals surface area contributed by atoms with Gasteiger partial charge in [0.25, 0.3) is 10.3 Å². The molecule has 20 heavy (non-hydrogen) atoms. The first-order valence-electron chi connectivity index (χ1n) is 6.47. The molecule has 0 unspecified atom stereocenters. The molecule has 8 heteroatoms. The average molecular weight is 328 g/mol. The Morgan fingerprint density at radius 1 is 0.950 bits per heavy atom. The Morgan fingerprint density at radius 2 is 1.20 bits per heavy atom. The van der Waals surface area contributed by atoms with Gasteiger partial charge in [0.1, 0.15) is 0 Å². The van der Waals surface area contributed by atoms with Crippen LogP contribution >= 0.6 is 24.4 Å². The van der Waals surface area contributed by atoms with Gasteiger partial charge in [0.2, 0.25) is 0 Å². The fourth-order valence-corrected chi connectivity index (χ4v) is 0.835. The molecule has 0 radical (unpaired) electrons. The number of thiocarbonyl (C=S) groups is 2. The van der Waals surface area contributed by atoms with Gasteiger partial charge >= 0.3 is 0 Å². The van der Waals surface area contributed by atoms with E-state index < -0.39 is 10.3 Å². The minimum absolute atomic E-state index is 0.0249. The second kappa shape index (κ2) is 20.6. The molecule has 0 rings (SSSR count). The van der Waals surface area contributed by atoms with Crippen LogP contribution < -0.4 is 11.5 Å². The lowest BCUT2D eigenvalue weighted by atomic mass is 10.4. The van der Waals surface area contributed by atoms with Crippen LogP contribution in [0.1, 0.15) is 46.5 Å². The maximum atomic E-state index is 7.56. The standard InChI is InChI=1S/C10H22O2.2CH3NOS/c1-4-6-8-11-10(3)12-9-7-5-2;2*2-1(3)4/h10H,4-9H2,1-3H3;2*(H3,2,3,4). The normalized spacial score (nSPS) is 9.00. The van der Waals surface area contributed by atoms with Crippen LogP contribution in [0.4, 0.5) is 0 Å². The highest BCUT2D eigenvalue weighted by Crippen LogP contribution is 1.98. The maximum absolute atomic E-state index is 7.56. The lowest BCUT2D eigenvalue weighted by molar-refractivity contribution is -0.131. The van der Waals surface area contributed by atoms with Crippen molar-refractivity contribution < 1.29 is 19.7 Å². The van der Waals surface area contributed by atoms with Gasteiger partial charge in [-0.25, -0.2) is 0 Å². The van der Waals surface area contributed by atoms with E-state index in [1.165, 1.54) is 12.8 Å². The number of aliphatic hydroxyl groups excluding tert-OH is 2. The molecule has 122 valence electrons. The van der Waals surface area contributed by atoms with E-state index in [9.17, 15) is 0 Å². The number of nitrogens with two attached hydrogens (primary N) is 2. The second-order valence-corrected chi connectivity index (χ2v) is 4.53. The lowest BCUT2D eigenvalue weighted by Crippen LogP contribution is -2.14. The van der Waals surface area contributed by atoms with Crippen LogP contribution in [-0.4, -0.2) is 40.1 Å². The smallest absolute Gasteiger partial charge is 0.251 e. The summed E-state index contributed by atoms with van der Waals surface area (Å²) in [7, 11) is 0. The predicted octanol–water partition coefficient (Wildman–Crippen LogP) is 2.54. The van der Waals surface area contributed by atoms with Crippen molar-refractivity contribution in [2.75, 3.05) is 13.2 Å². The van der Waals surface area contributed by atoms with E-state index >= 15 is 0 Å². The van der Waals surface area contributed by atoms with Crippen molar-refractivity contribution in [2.24, 2.45) is 11.5 Å². The average Bonchev–Trinajstić information content (AvgIpc) is 2.28. The van der Waals surface area contributed by atoms with Crippen LogP contribution in [0.3, 0.4) is 0 Å². The Bertz CT molecular complexity index is 202. The van der Waals surface area contributed by atoms with Crippen molar-refractivity contribution in [3.63, 3.8) is 0 Å². The first kappa shape index (κ1) is 24.3. The van der Waals surface area contributed by atoms with E-state index in [1.807, 2.05) is 6.92 Å². The largest absolute Gasteiger partial charge is 0.487 e. The highest BCUT2D eigenvalue weighted by molar-refractivity contribution is 7.80. The Kier molecular flexibility index (Phi) is 25.1. The van der Waals surface area contributed by atoms with Crippen molar-refractivity contribution in [1.82, 2.24) is 0 Å². The summed E-state index contributed by atoms with van der Waals surface area (Å²) in [5, 5.41) is 14.1. The summed E-state index contributed by atoms with van der Waals surface area (Å²) in [5.74, 6) is 0. The molecule has 0 saturated carbocycles. The van der Waals surface area contributed by atoms with Crippen LogP contribution in [0, 0.1) is 0 Å². The molecule has 0 aromatic heterocycles. The van der Waals surface area contributed by atoms with Crippen molar-refractivity contribution in [3.05, 3.63) is 0 Å². The van der Waals surface area contributed by atoms with Crippen LogP contribution in [0.2, 0.25) is 0 Å². The third-order valence-corrected chi connectivity index (χ3v) is 1.70.